The lowest BCUT2D eigenvalue weighted by Gasteiger charge is -2.24. The van der Waals surface area contributed by atoms with Crippen molar-refractivity contribution in [2.24, 2.45) is 0 Å². The van der Waals surface area contributed by atoms with E-state index in [2.05, 4.69) is 5.32 Å². The van der Waals surface area contributed by atoms with Crippen molar-refractivity contribution in [3.05, 3.63) is 22.7 Å². The van der Waals surface area contributed by atoms with Crippen molar-refractivity contribution in [3.63, 3.8) is 0 Å². The number of hydrogen-bond acceptors (Lipinski definition) is 3. The summed E-state index contributed by atoms with van der Waals surface area (Å²) in [5.41, 5.74) is 1.04. The Labute approximate surface area is 100 Å². The van der Waals surface area contributed by atoms with E-state index in [-0.39, 0.29) is 10.8 Å². The standard InChI is InChI=1S/C12H16ClNO2/c1-16-11-7-8(6-10(15)12(11)13)9-4-2-3-5-14-9/h6-7,9,14-15H,2-5H2,1H3. The van der Waals surface area contributed by atoms with E-state index in [4.69, 9.17) is 16.3 Å². The monoisotopic (exact) mass is 241 g/mol. The number of aromatic hydroxyl groups is 1. The molecule has 0 bridgehead atoms. The summed E-state index contributed by atoms with van der Waals surface area (Å²) in [5, 5.41) is 13.4. The number of phenolic OH excluding ortho intramolecular Hbond substituents is 1. The number of halogens is 1. The molecule has 0 aromatic heterocycles. The van der Waals surface area contributed by atoms with Crippen LogP contribution in [0.3, 0.4) is 0 Å². The third-order valence-corrected chi connectivity index (χ3v) is 3.35. The summed E-state index contributed by atoms with van der Waals surface area (Å²) >= 11 is 5.91. The lowest BCUT2D eigenvalue weighted by Crippen LogP contribution is -2.26. The molecule has 2 rings (SSSR count). The number of hydrogen-bond donors (Lipinski definition) is 2. The number of piperidine rings is 1. The zero-order valence-electron chi connectivity index (χ0n) is 9.29. The molecule has 1 aliphatic heterocycles. The van der Waals surface area contributed by atoms with Crippen molar-refractivity contribution in [1.29, 1.82) is 0 Å². The lowest BCUT2D eigenvalue weighted by atomic mass is 9.97. The summed E-state index contributed by atoms with van der Waals surface area (Å²) in [6, 6.07) is 3.91. The molecule has 88 valence electrons. The van der Waals surface area contributed by atoms with Crippen molar-refractivity contribution >= 4 is 11.6 Å². The Hall–Kier alpha value is -0.930. The van der Waals surface area contributed by atoms with Crippen LogP contribution in [-0.4, -0.2) is 18.8 Å². The smallest absolute Gasteiger partial charge is 0.141 e. The molecule has 0 saturated carbocycles. The predicted octanol–water partition coefficient (Wildman–Crippen LogP) is 2.87. The molecule has 0 aliphatic carbocycles. The Kier molecular flexibility index (Phi) is 3.56. The normalized spacial score (nSPS) is 20.8. The molecule has 4 heteroatoms. The van der Waals surface area contributed by atoms with Crippen LogP contribution in [0, 0.1) is 0 Å². The summed E-state index contributed by atoms with van der Waals surface area (Å²) in [4.78, 5) is 0. The highest BCUT2D eigenvalue weighted by molar-refractivity contribution is 6.33. The van der Waals surface area contributed by atoms with Crippen molar-refractivity contribution in [2.75, 3.05) is 13.7 Å². The van der Waals surface area contributed by atoms with E-state index in [1.54, 1.807) is 13.2 Å². The molecule has 1 aromatic rings. The Bertz CT molecular complexity index is 376. The molecule has 1 saturated heterocycles. The van der Waals surface area contributed by atoms with Gasteiger partial charge in [-0.05, 0) is 37.1 Å². The largest absolute Gasteiger partial charge is 0.506 e. The fraction of sp³-hybridized carbons (Fsp3) is 0.500. The van der Waals surface area contributed by atoms with Crippen molar-refractivity contribution in [1.82, 2.24) is 5.32 Å². The van der Waals surface area contributed by atoms with Gasteiger partial charge < -0.3 is 15.2 Å². The molecule has 1 unspecified atom stereocenters. The van der Waals surface area contributed by atoms with Gasteiger partial charge in [0, 0.05) is 6.04 Å². The van der Waals surface area contributed by atoms with Crippen LogP contribution in [0.4, 0.5) is 0 Å². The summed E-state index contributed by atoms with van der Waals surface area (Å²) in [7, 11) is 1.55. The third kappa shape index (κ3) is 2.25. The summed E-state index contributed by atoms with van der Waals surface area (Å²) in [6.07, 6.45) is 3.51. The molecular formula is C12H16ClNO2. The van der Waals surface area contributed by atoms with Crippen LogP contribution < -0.4 is 10.1 Å². The molecule has 1 heterocycles. The molecule has 3 nitrogen and oxygen atoms in total. The Morgan fingerprint density at radius 2 is 2.25 bits per heavy atom. The van der Waals surface area contributed by atoms with Gasteiger partial charge >= 0.3 is 0 Å². The van der Waals surface area contributed by atoms with Crippen molar-refractivity contribution in [3.8, 4) is 11.5 Å². The van der Waals surface area contributed by atoms with Gasteiger partial charge in [-0.2, -0.15) is 0 Å². The minimum Gasteiger partial charge on any atom is -0.506 e. The predicted molar refractivity (Wildman–Crippen MR) is 64.3 cm³/mol. The molecule has 0 spiro atoms. The Morgan fingerprint density at radius 1 is 1.44 bits per heavy atom. The van der Waals surface area contributed by atoms with Crippen molar-refractivity contribution < 1.29 is 9.84 Å². The van der Waals surface area contributed by atoms with Crippen LogP contribution in [0.15, 0.2) is 12.1 Å². The summed E-state index contributed by atoms with van der Waals surface area (Å²) in [6.45, 7) is 1.02. The number of ether oxygens (including phenoxy) is 1. The third-order valence-electron chi connectivity index (χ3n) is 2.97. The second-order valence-electron chi connectivity index (χ2n) is 4.06. The second kappa shape index (κ2) is 4.93. The molecule has 1 aliphatic rings. The average molecular weight is 242 g/mol. The van der Waals surface area contributed by atoms with E-state index in [1.807, 2.05) is 6.07 Å². The topological polar surface area (TPSA) is 41.5 Å². The first-order chi connectivity index (χ1) is 7.72. The number of phenols is 1. The zero-order chi connectivity index (χ0) is 11.5. The fourth-order valence-electron chi connectivity index (χ4n) is 2.09. The molecule has 0 radical (unpaired) electrons. The quantitative estimate of drug-likeness (QED) is 0.837. The van der Waals surface area contributed by atoms with E-state index in [9.17, 15) is 5.11 Å². The van der Waals surface area contributed by atoms with Gasteiger partial charge in [0.1, 0.15) is 16.5 Å². The highest BCUT2D eigenvalue weighted by Gasteiger charge is 2.18. The van der Waals surface area contributed by atoms with Gasteiger partial charge in [0.2, 0.25) is 0 Å². The van der Waals surface area contributed by atoms with Gasteiger partial charge in [-0.15, -0.1) is 0 Å². The Balaban J connectivity index is 2.29. The number of methoxy groups -OCH3 is 1. The summed E-state index contributed by atoms with van der Waals surface area (Å²) in [5.74, 6) is 0.618. The SMILES string of the molecule is COc1cc(C2CCCCN2)cc(O)c1Cl. The molecule has 0 amide bonds. The van der Waals surface area contributed by atoms with E-state index >= 15 is 0 Å². The first-order valence-corrected chi connectivity index (χ1v) is 5.90. The van der Waals surface area contributed by atoms with Crippen LogP contribution in [0.1, 0.15) is 30.9 Å². The van der Waals surface area contributed by atoms with Crippen LogP contribution in [0.5, 0.6) is 11.5 Å². The maximum absolute atomic E-state index is 9.70. The molecule has 1 atom stereocenters. The first kappa shape index (κ1) is 11.6. The number of nitrogens with one attached hydrogen (secondary N) is 1. The van der Waals surface area contributed by atoms with E-state index in [0.29, 0.717) is 11.8 Å². The van der Waals surface area contributed by atoms with Crippen LogP contribution in [-0.2, 0) is 0 Å². The van der Waals surface area contributed by atoms with E-state index in [0.717, 1.165) is 18.5 Å². The van der Waals surface area contributed by atoms with Crippen molar-refractivity contribution in [2.45, 2.75) is 25.3 Å². The minimum absolute atomic E-state index is 0.0865. The van der Waals surface area contributed by atoms with E-state index in [1.165, 1.54) is 12.8 Å². The molecular weight excluding hydrogens is 226 g/mol. The molecule has 1 fully saturated rings. The molecule has 2 N–H and O–H groups in total. The molecule has 1 aromatic carbocycles. The van der Waals surface area contributed by atoms with Crippen LogP contribution in [0.25, 0.3) is 0 Å². The molecule has 16 heavy (non-hydrogen) atoms. The van der Waals surface area contributed by atoms with Gasteiger partial charge in [-0.1, -0.05) is 18.0 Å². The highest BCUT2D eigenvalue weighted by atomic mass is 35.5. The average Bonchev–Trinajstić information content (AvgIpc) is 2.33. The second-order valence-corrected chi connectivity index (χ2v) is 4.44. The summed E-state index contributed by atoms with van der Waals surface area (Å²) < 4.78 is 5.14. The highest BCUT2D eigenvalue weighted by Crippen LogP contribution is 2.37. The lowest BCUT2D eigenvalue weighted by molar-refractivity contribution is 0.393. The zero-order valence-corrected chi connectivity index (χ0v) is 10.0. The van der Waals surface area contributed by atoms with Gasteiger partial charge in [0.05, 0.1) is 7.11 Å². The first-order valence-electron chi connectivity index (χ1n) is 5.52. The van der Waals surface area contributed by atoms with Gasteiger partial charge in [-0.3, -0.25) is 0 Å². The minimum atomic E-state index is 0.0865. The van der Waals surface area contributed by atoms with Crippen LogP contribution in [0.2, 0.25) is 5.02 Å². The number of benzene rings is 1. The maximum Gasteiger partial charge on any atom is 0.141 e. The van der Waals surface area contributed by atoms with Gasteiger partial charge in [0.25, 0.3) is 0 Å². The van der Waals surface area contributed by atoms with Crippen LogP contribution >= 0.6 is 11.6 Å². The van der Waals surface area contributed by atoms with Gasteiger partial charge in [-0.25, -0.2) is 0 Å². The number of rotatable bonds is 2. The maximum atomic E-state index is 9.70. The Morgan fingerprint density at radius 3 is 2.88 bits per heavy atom. The fourth-order valence-corrected chi connectivity index (χ4v) is 2.28. The van der Waals surface area contributed by atoms with Gasteiger partial charge in [0.15, 0.2) is 0 Å². The van der Waals surface area contributed by atoms with E-state index < -0.39 is 0 Å².